The molecule has 4 nitrogen and oxygen atoms in total. The Morgan fingerprint density at radius 1 is 0.765 bits per heavy atom. The highest BCUT2D eigenvalue weighted by Crippen LogP contribution is 2.30. The van der Waals surface area contributed by atoms with Gasteiger partial charge in [0.1, 0.15) is 6.10 Å². The van der Waals surface area contributed by atoms with Crippen molar-refractivity contribution in [1.82, 2.24) is 9.80 Å². The van der Waals surface area contributed by atoms with Crippen LogP contribution >= 0.6 is 0 Å². The van der Waals surface area contributed by atoms with E-state index in [2.05, 4.69) is 70.5 Å². The number of benzene rings is 3. The maximum absolute atomic E-state index is 12.8. The molecule has 0 N–H and O–H groups in total. The fraction of sp³-hybridized carbons (Fsp3) is 0.367. The molecule has 3 aromatic carbocycles. The van der Waals surface area contributed by atoms with Crippen molar-refractivity contribution in [1.29, 1.82) is 0 Å². The number of rotatable bonds is 7. The van der Waals surface area contributed by atoms with Crippen LogP contribution in [0.5, 0.6) is 0 Å². The van der Waals surface area contributed by atoms with Gasteiger partial charge < -0.3 is 9.64 Å². The normalized spacial score (nSPS) is 22.0. The SMILES string of the molecule is O=C(OC1CN(Cc2ccccc2)CC1CN1CCC(c2ccccc2)CC1)c1ccccc1. The van der Waals surface area contributed by atoms with Crippen LogP contribution in [0.3, 0.4) is 0 Å². The molecule has 2 saturated heterocycles. The molecular formula is C30H34N2O2. The molecule has 2 heterocycles. The van der Waals surface area contributed by atoms with Crippen molar-refractivity contribution in [3.05, 3.63) is 108 Å². The smallest absolute Gasteiger partial charge is 0.338 e. The molecule has 4 heteroatoms. The van der Waals surface area contributed by atoms with E-state index >= 15 is 0 Å². The lowest BCUT2D eigenvalue weighted by molar-refractivity contribution is 0.0182. The second kappa shape index (κ2) is 11.0. The van der Waals surface area contributed by atoms with E-state index in [0.29, 0.717) is 17.4 Å². The highest BCUT2D eigenvalue weighted by Gasteiger charge is 2.37. The summed E-state index contributed by atoms with van der Waals surface area (Å²) in [6.45, 7) is 5.84. The quantitative estimate of drug-likeness (QED) is 0.458. The molecule has 5 rings (SSSR count). The number of hydrogen-bond acceptors (Lipinski definition) is 4. The molecule has 34 heavy (non-hydrogen) atoms. The molecule has 2 atom stereocenters. The molecule has 2 unspecified atom stereocenters. The molecule has 0 bridgehead atoms. The van der Waals surface area contributed by atoms with Crippen molar-refractivity contribution in [3.8, 4) is 0 Å². The Morgan fingerprint density at radius 2 is 1.38 bits per heavy atom. The Hall–Kier alpha value is -2.95. The minimum Gasteiger partial charge on any atom is -0.457 e. The van der Waals surface area contributed by atoms with Gasteiger partial charge in [-0.3, -0.25) is 4.90 Å². The van der Waals surface area contributed by atoms with E-state index in [1.807, 2.05) is 30.3 Å². The van der Waals surface area contributed by atoms with Gasteiger partial charge in [0.05, 0.1) is 5.56 Å². The lowest BCUT2D eigenvalue weighted by Gasteiger charge is -2.34. The molecule has 2 fully saturated rings. The van der Waals surface area contributed by atoms with Crippen molar-refractivity contribution in [2.45, 2.75) is 31.4 Å². The van der Waals surface area contributed by atoms with Crippen LogP contribution in [0.4, 0.5) is 0 Å². The molecule has 0 aliphatic carbocycles. The minimum absolute atomic E-state index is 0.0803. The topological polar surface area (TPSA) is 32.8 Å². The second-order valence-corrected chi connectivity index (χ2v) is 9.74. The summed E-state index contributed by atoms with van der Waals surface area (Å²) >= 11 is 0. The number of hydrogen-bond donors (Lipinski definition) is 0. The largest absolute Gasteiger partial charge is 0.457 e. The fourth-order valence-electron chi connectivity index (χ4n) is 5.49. The molecule has 0 amide bonds. The Balaban J connectivity index is 1.22. The van der Waals surface area contributed by atoms with Gasteiger partial charge >= 0.3 is 5.97 Å². The maximum atomic E-state index is 12.8. The molecule has 0 radical (unpaired) electrons. The number of carbonyl (C=O) groups is 1. The van der Waals surface area contributed by atoms with Crippen LogP contribution in [0.25, 0.3) is 0 Å². The van der Waals surface area contributed by atoms with Crippen LogP contribution in [0.15, 0.2) is 91.0 Å². The summed E-state index contributed by atoms with van der Waals surface area (Å²) in [4.78, 5) is 17.9. The van der Waals surface area contributed by atoms with E-state index in [-0.39, 0.29) is 12.1 Å². The summed E-state index contributed by atoms with van der Waals surface area (Å²) < 4.78 is 6.10. The van der Waals surface area contributed by atoms with Gasteiger partial charge in [-0.25, -0.2) is 4.79 Å². The molecular weight excluding hydrogens is 420 g/mol. The molecule has 0 saturated carbocycles. The molecule has 2 aliphatic heterocycles. The van der Waals surface area contributed by atoms with Crippen LogP contribution in [-0.2, 0) is 11.3 Å². The molecule has 3 aromatic rings. The first-order valence-corrected chi connectivity index (χ1v) is 12.5. The van der Waals surface area contributed by atoms with Crippen molar-refractivity contribution in [3.63, 3.8) is 0 Å². The third kappa shape index (κ3) is 5.75. The average Bonchev–Trinajstić information content (AvgIpc) is 3.26. The Morgan fingerprint density at radius 3 is 2.06 bits per heavy atom. The van der Waals surface area contributed by atoms with Gasteiger partial charge in [-0.15, -0.1) is 0 Å². The monoisotopic (exact) mass is 454 g/mol. The Labute approximate surface area is 203 Å². The van der Waals surface area contributed by atoms with E-state index in [4.69, 9.17) is 4.74 Å². The van der Waals surface area contributed by atoms with Gasteiger partial charge in [0.2, 0.25) is 0 Å². The summed E-state index contributed by atoms with van der Waals surface area (Å²) in [6, 6.07) is 30.9. The number of likely N-dealkylation sites (tertiary alicyclic amines) is 2. The van der Waals surface area contributed by atoms with Gasteiger partial charge in [-0.1, -0.05) is 78.9 Å². The number of piperidine rings is 1. The van der Waals surface area contributed by atoms with E-state index in [9.17, 15) is 4.79 Å². The fourth-order valence-corrected chi connectivity index (χ4v) is 5.49. The Kier molecular flexibility index (Phi) is 7.37. The summed E-state index contributed by atoms with van der Waals surface area (Å²) in [5, 5.41) is 0. The van der Waals surface area contributed by atoms with Gasteiger partial charge in [0.25, 0.3) is 0 Å². The van der Waals surface area contributed by atoms with Gasteiger partial charge in [0, 0.05) is 32.1 Å². The van der Waals surface area contributed by atoms with Gasteiger partial charge in [0.15, 0.2) is 0 Å². The van der Waals surface area contributed by atoms with Gasteiger partial charge in [-0.2, -0.15) is 0 Å². The zero-order chi connectivity index (χ0) is 23.2. The summed E-state index contributed by atoms with van der Waals surface area (Å²) in [5.41, 5.74) is 3.40. The van der Waals surface area contributed by atoms with Crippen molar-refractivity contribution in [2.75, 3.05) is 32.7 Å². The zero-order valence-corrected chi connectivity index (χ0v) is 19.8. The van der Waals surface area contributed by atoms with Crippen molar-refractivity contribution < 1.29 is 9.53 Å². The summed E-state index contributed by atoms with van der Waals surface area (Å²) in [6.07, 6.45) is 2.31. The van der Waals surface area contributed by atoms with Gasteiger partial charge in [-0.05, 0) is 55.1 Å². The molecule has 176 valence electrons. The predicted octanol–water partition coefficient (Wildman–Crippen LogP) is 5.22. The Bertz CT molecular complexity index is 1030. The first-order valence-electron chi connectivity index (χ1n) is 12.5. The first kappa shape index (κ1) is 22.8. The third-order valence-corrected chi connectivity index (χ3v) is 7.32. The lowest BCUT2D eigenvalue weighted by Crippen LogP contribution is -2.40. The minimum atomic E-state index is -0.208. The number of nitrogens with zero attached hydrogens (tertiary/aromatic N) is 2. The number of ether oxygens (including phenoxy) is 1. The predicted molar refractivity (Wildman–Crippen MR) is 136 cm³/mol. The van der Waals surface area contributed by atoms with Crippen LogP contribution in [0.2, 0.25) is 0 Å². The summed E-state index contributed by atoms with van der Waals surface area (Å²) in [7, 11) is 0. The highest BCUT2D eigenvalue weighted by atomic mass is 16.5. The molecule has 2 aliphatic rings. The number of esters is 1. The van der Waals surface area contributed by atoms with Crippen LogP contribution in [-0.4, -0.2) is 54.6 Å². The lowest BCUT2D eigenvalue weighted by atomic mass is 9.89. The molecule has 0 aromatic heterocycles. The summed E-state index contributed by atoms with van der Waals surface area (Å²) in [5.74, 6) is 0.770. The number of carbonyl (C=O) groups excluding carboxylic acids is 1. The highest BCUT2D eigenvalue weighted by molar-refractivity contribution is 5.89. The van der Waals surface area contributed by atoms with E-state index in [1.165, 1.54) is 24.0 Å². The van der Waals surface area contributed by atoms with Crippen molar-refractivity contribution in [2.24, 2.45) is 5.92 Å². The van der Waals surface area contributed by atoms with Crippen LogP contribution < -0.4 is 0 Å². The van der Waals surface area contributed by atoms with Crippen LogP contribution in [0.1, 0.15) is 40.2 Å². The first-order chi connectivity index (χ1) is 16.7. The van der Waals surface area contributed by atoms with E-state index in [1.54, 1.807) is 0 Å². The molecule has 0 spiro atoms. The van der Waals surface area contributed by atoms with E-state index < -0.39 is 0 Å². The zero-order valence-electron chi connectivity index (χ0n) is 19.8. The average molecular weight is 455 g/mol. The van der Waals surface area contributed by atoms with Crippen molar-refractivity contribution >= 4 is 5.97 Å². The standard InChI is InChI=1S/C30H34N2O2/c33-30(27-14-8-3-9-15-27)34-29-23-32(20-24-10-4-1-5-11-24)22-28(29)21-31-18-16-26(17-19-31)25-12-6-2-7-13-25/h1-15,26,28-29H,16-23H2. The maximum Gasteiger partial charge on any atom is 0.338 e. The van der Waals surface area contributed by atoms with Crippen LogP contribution in [0, 0.1) is 5.92 Å². The third-order valence-electron chi connectivity index (χ3n) is 7.32. The second-order valence-electron chi connectivity index (χ2n) is 9.74. The van der Waals surface area contributed by atoms with E-state index in [0.717, 1.165) is 39.3 Å².